The highest BCUT2D eigenvalue weighted by atomic mass is 19.3. The lowest BCUT2D eigenvalue weighted by molar-refractivity contribution is -0.0698. The highest BCUT2D eigenvalue weighted by Crippen LogP contribution is 2.37. The van der Waals surface area contributed by atoms with Crippen LogP contribution in [-0.4, -0.2) is 50.1 Å². The van der Waals surface area contributed by atoms with Gasteiger partial charge in [0, 0.05) is 36.4 Å². The summed E-state index contributed by atoms with van der Waals surface area (Å²) in [6.45, 7) is 4.06. The van der Waals surface area contributed by atoms with E-state index in [0.29, 0.717) is 46.2 Å². The van der Waals surface area contributed by atoms with Crippen molar-refractivity contribution >= 4 is 22.4 Å². The van der Waals surface area contributed by atoms with Crippen molar-refractivity contribution in [3.05, 3.63) is 47.3 Å². The van der Waals surface area contributed by atoms with E-state index in [4.69, 9.17) is 19.9 Å². The molecule has 4 rings (SSSR count). The maximum Gasteiger partial charge on any atom is 0.296 e. The summed E-state index contributed by atoms with van der Waals surface area (Å²) in [5.41, 5.74) is 7.26. The molecular weight excluding hydrogens is 470 g/mol. The van der Waals surface area contributed by atoms with Crippen molar-refractivity contribution in [1.29, 1.82) is 0 Å². The molecule has 3 aromatic rings. The quantitative estimate of drug-likeness (QED) is 0.374. The second-order valence-electron chi connectivity index (χ2n) is 8.98. The first-order valence-corrected chi connectivity index (χ1v) is 11.8. The molecule has 1 aromatic heterocycles. The van der Waals surface area contributed by atoms with Gasteiger partial charge in [0.1, 0.15) is 24.9 Å². The maximum absolute atomic E-state index is 14.5. The lowest BCUT2D eigenvalue weighted by Gasteiger charge is -2.21. The number of rotatable bonds is 10. The SMILES string of the molecule is COCC(F)(F)c1cc(N)cc([C@@H](C)Nc2nc(C)nc3cc(OC)c(OCC4CCCO4)cc23)c1. The minimum absolute atomic E-state index is 0.0475. The number of benzene rings is 2. The molecule has 36 heavy (non-hydrogen) atoms. The Labute approximate surface area is 209 Å². The summed E-state index contributed by atoms with van der Waals surface area (Å²) in [5.74, 6) is -0.968. The smallest absolute Gasteiger partial charge is 0.296 e. The van der Waals surface area contributed by atoms with Crippen LogP contribution in [0.3, 0.4) is 0 Å². The number of nitrogen functional groups attached to an aromatic ring is 1. The Hall–Kier alpha value is -3.24. The molecule has 2 heterocycles. The molecule has 0 spiro atoms. The van der Waals surface area contributed by atoms with Gasteiger partial charge in [-0.2, -0.15) is 8.78 Å². The van der Waals surface area contributed by atoms with Gasteiger partial charge in [-0.05, 0) is 56.5 Å². The van der Waals surface area contributed by atoms with Gasteiger partial charge in [0.25, 0.3) is 5.92 Å². The molecule has 1 aliphatic rings. The number of alkyl halides is 2. The number of hydrogen-bond acceptors (Lipinski definition) is 8. The Balaban J connectivity index is 1.66. The summed E-state index contributed by atoms with van der Waals surface area (Å²) in [6.07, 6.45) is 2.02. The highest BCUT2D eigenvalue weighted by molar-refractivity contribution is 5.92. The fraction of sp³-hybridized carbons (Fsp3) is 0.462. The second-order valence-corrected chi connectivity index (χ2v) is 8.98. The Morgan fingerprint density at radius 3 is 2.67 bits per heavy atom. The molecule has 0 saturated carbocycles. The van der Waals surface area contributed by atoms with Crippen LogP contribution in [0, 0.1) is 6.92 Å². The zero-order valence-corrected chi connectivity index (χ0v) is 20.9. The molecule has 1 saturated heterocycles. The van der Waals surface area contributed by atoms with Crippen molar-refractivity contribution < 1.29 is 27.7 Å². The monoisotopic (exact) mass is 502 g/mol. The van der Waals surface area contributed by atoms with Gasteiger partial charge in [0.2, 0.25) is 0 Å². The van der Waals surface area contributed by atoms with Crippen LogP contribution in [0.15, 0.2) is 30.3 Å². The number of nitrogens with two attached hydrogens (primary N) is 1. The lowest BCUT2D eigenvalue weighted by Crippen LogP contribution is -2.21. The summed E-state index contributed by atoms with van der Waals surface area (Å²) in [7, 11) is 2.81. The lowest BCUT2D eigenvalue weighted by atomic mass is 10.00. The molecule has 1 fully saturated rings. The van der Waals surface area contributed by atoms with E-state index in [1.807, 2.05) is 13.0 Å². The summed E-state index contributed by atoms with van der Waals surface area (Å²) in [6, 6.07) is 7.61. The van der Waals surface area contributed by atoms with Crippen LogP contribution < -0.4 is 20.5 Å². The van der Waals surface area contributed by atoms with E-state index in [9.17, 15) is 8.78 Å². The Bertz CT molecular complexity index is 1220. The first-order valence-electron chi connectivity index (χ1n) is 11.8. The molecule has 10 heteroatoms. The van der Waals surface area contributed by atoms with Crippen molar-refractivity contribution in [3.63, 3.8) is 0 Å². The van der Waals surface area contributed by atoms with Crippen molar-refractivity contribution in [2.24, 2.45) is 0 Å². The third-order valence-electron chi connectivity index (χ3n) is 6.12. The standard InChI is InChI=1S/C26H32F2N4O4/c1-15(17-8-18(10-19(29)9-17)26(27,28)14-33-3)30-25-21-11-24(36-13-20-6-5-7-35-20)23(34-4)12-22(21)31-16(2)32-25/h8-12,15,20H,5-7,13-14,29H2,1-4H3,(H,30,31,32)/t15-,20?/m1/s1. The van der Waals surface area contributed by atoms with Crippen LogP contribution in [0.4, 0.5) is 20.3 Å². The molecule has 2 aromatic carbocycles. The summed E-state index contributed by atoms with van der Waals surface area (Å²) >= 11 is 0. The van der Waals surface area contributed by atoms with Gasteiger partial charge in [-0.15, -0.1) is 0 Å². The normalized spacial score (nSPS) is 16.8. The van der Waals surface area contributed by atoms with Gasteiger partial charge in [-0.1, -0.05) is 0 Å². The zero-order chi connectivity index (χ0) is 25.9. The van der Waals surface area contributed by atoms with Gasteiger partial charge in [0.05, 0.1) is 24.8 Å². The van der Waals surface area contributed by atoms with Crippen LogP contribution in [0.2, 0.25) is 0 Å². The number of halogens is 2. The number of aromatic nitrogens is 2. The Kier molecular flexibility index (Phi) is 7.75. The molecule has 0 radical (unpaired) electrons. The number of anilines is 2. The molecule has 1 aliphatic heterocycles. The molecule has 3 N–H and O–H groups in total. The fourth-order valence-corrected chi connectivity index (χ4v) is 4.28. The first-order chi connectivity index (χ1) is 17.2. The molecule has 1 unspecified atom stereocenters. The Morgan fingerprint density at radius 2 is 1.97 bits per heavy atom. The minimum atomic E-state index is -3.16. The van der Waals surface area contributed by atoms with Crippen LogP contribution >= 0.6 is 0 Å². The number of nitrogens with zero attached hydrogens (tertiary/aromatic N) is 2. The average molecular weight is 503 g/mol. The van der Waals surface area contributed by atoms with Crippen LogP contribution in [0.25, 0.3) is 10.9 Å². The fourth-order valence-electron chi connectivity index (χ4n) is 4.28. The maximum atomic E-state index is 14.5. The van der Waals surface area contributed by atoms with Crippen molar-refractivity contribution in [1.82, 2.24) is 9.97 Å². The summed E-state index contributed by atoms with van der Waals surface area (Å²) in [4.78, 5) is 9.12. The van der Waals surface area contributed by atoms with Gasteiger partial charge in [-0.25, -0.2) is 9.97 Å². The molecule has 0 aliphatic carbocycles. The number of fused-ring (bicyclic) bond motifs is 1. The van der Waals surface area contributed by atoms with Gasteiger partial charge in [-0.3, -0.25) is 0 Å². The predicted molar refractivity (Wildman–Crippen MR) is 134 cm³/mol. The van der Waals surface area contributed by atoms with E-state index in [-0.39, 0.29) is 23.4 Å². The third kappa shape index (κ3) is 5.76. The van der Waals surface area contributed by atoms with Gasteiger partial charge < -0.3 is 30.0 Å². The molecule has 0 bridgehead atoms. The van der Waals surface area contributed by atoms with E-state index >= 15 is 0 Å². The molecule has 2 atom stereocenters. The number of nitrogens with one attached hydrogen (secondary N) is 1. The van der Waals surface area contributed by atoms with Crippen molar-refractivity contribution in [2.75, 3.05) is 45.1 Å². The summed E-state index contributed by atoms with van der Waals surface area (Å²) < 4.78 is 50.9. The molecule has 8 nitrogen and oxygen atoms in total. The second kappa shape index (κ2) is 10.8. The predicted octanol–water partition coefficient (Wildman–Crippen LogP) is 5.00. The van der Waals surface area contributed by atoms with Crippen molar-refractivity contribution in [2.45, 2.75) is 44.8 Å². The molecule has 0 amide bonds. The van der Waals surface area contributed by atoms with Crippen LogP contribution in [0.1, 0.15) is 42.8 Å². The van der Waals surface area contributed by atoms with E-state index in [1.54, 1.807) is 26.2 Å². The number of methoxy groups -OCH3 is 2. The molecular formula is C26H32F2N4O4. The van der Waals surface area contributed by atoms with E-state index in [1.165, 1.54) is 19.2 Å². The minimum Gasteiger partial charge on any atom is -0.493 e. The van der Waals surface area contributed by atoms with Crippen LogP contribution in [0.5, 0.6) is 11.5 Å². The van der Waals surface area contributed by atoms with E-state index in [2.05, 4.69) is 20.0 Å². The number of hydrogen-bond donors (Lipinski definition) is 2. The van der Waals surface area contributed by atoms with Gasteiger partial charge in [0.15, 0.2) is 11.5 Å². The van der Waals surface area contributed by atoms with E-state index in [0.717, 1.165) is 19.4 Å². The Morgan fingerprint density at radius 1 is 1.17 bits per heavy atom. The highest BCUT2D eigenvalue weighted by Gasteiger charge is 2.32. The average Bonchev–Trinajstić information content (AvgIpc) is 3.35. The first kappa shape index (κ1) is 25.8. The van der Waals surface area contributed by atoms with E-state index < -0.39 is 12.5 Å². The zero-order valence-electron chi connectivity index (χ0n) is 20.9. The van der Waals surface area contributed by atoms with Gasteiger partial charge >= 0.3 is 0 Å². The van der Waals surface area contributed by atoms with Crippen LogP contribution in [-0.2, 0) is 15.4 Å². The van der Waals surface area contributed by atoms with Crippen molar-refractivity contribution in [3.8, 4) is 11.5 Å². The number of aryl methyl sites for hydroxylation is 1. The topological polar surface area (TPSA) is 101 Å². The third-order valence-corrected chi connectivity index (χ3v) is 6.12. The molecule has 194 valence electrons. The number of ether oxygens (including phenoxy) is 4. The summed E-state index contributed by atoms with van der Waals surface area (Å²) in [5, 5.41) is 4.05. The largest absolute Gasteiger partial charge is 0.493 e.